The molecule has 0 fully saturated rings. The SMILES string of the molecule is CCN(N)c1ccc(C(c2nc(CN3CCOc4ncccc4S3)c(C)s2)C(C)(C)C(=O)Nc2cccnc2)c(C)c1N. The third-order valence-electron chi connectivity index (χ3n) is 7.75. The fourth-order valence-electron chi connectivity index (χ4n) is 5.14. The third-order valence-corrected chi connectivity index (χ3v) is 9.90. The van der Waals surface area contributed by atoms with Crippen molar-refractivity contribution in [3.8, 4) is 5.88 Å². The smallest absolute Gasteiger partial charge is 0.231 e. The lowest BCUT2D eigenvalue weighted by molar-refractivity contribution is -0.124. The van der Waals surface area contributed by atoms with Crippen molar-refractivity contribution in [1.29, 1.82) is 0 Å². The van der Waals surface area contributed by atoms with Gasteiger partial charge < -0.3 is 20.8 Å². The third kappa shape index (κ3) is 6.47. The molecule has 4 aromatic rings. The van der Waals surface area contributed by atoms with Crippen LogP contribution in [0, 0.1) is 19.3 Å². The Morgan fingerprint density at radius 3 is 2.74 bits per heavy atom. The molecule has 0 bridgehead atoms. The van der Waals surface area contributed by atoms with E-state index in [1.54, 1.807) is 53.0 Å². The van der Waals surface area contributed by atoms with Crippen molar-refractivity contribution in [3.63, 3.8) is 0 Å². The van der Waals surface area contributed by atoms with Crippen molar-refractivity contribution in [3.05, 3.63) is 81.7 Å². The van der Waals surface area contributed by atoms with Gasteiger partial charge in [0.1, 0.15) is 11.6 Å². The number of fused-ring (bicyclic) bond motifs is 1. The number of benzene rings is 1. The number of pyridine rings is 2. The molecular weight excluding hydrogens is 581 g/mol. The maximum atomic E-state index is 14.0. The summed E-state index contributed by atoms with van der Waals surface area (Å²) in [4.78, 5) is 29.8. The summed E-state index contributed by atoms with van der Waals surface area (Å²) in [6.45, 7) is 12.5. The highest BCUT2D eigenvalue weighted by molar-refractivity contribution is 7.97. The number of carbonyl (C=O) groups is 1. The van der Waals surface area contributed by atoms with Crippen molar-refractivity contribution < 1.29 is 9.53 Å². The molecule has 226 valence electrons. The molecule has 3 aromatic heterocycles. The first-order valence-corrected chi connectivity index (χ1v) is 15.8. The first-order valence-electron chi connectivity index (χ1n) is 14.2. The van der Waals surface area contributed by atoms with Gasteiger partial charge in [0, 0.05) is 30.4 Å². The normalized spacial score (nSPS) is 14.4. The number of nitrogen functional groups attached to an aromatic ring is 1. The molecule has 43 heavy (non-hydrogen) atoms. The number of aromatic nitrogens is 3. The summed E-state index contributed by atoms with van der Waals surface area (Å²) in [7, 11) is 0. The number of nitrogens with two attached hydrogens (primary N) is 2. The Morgan fingerprint density at radius 2 is 2.00 bits per heavy atom. The number of hydrogen-bond acceptors (Lipinski definition) is 11. The molecular formula is C31H38N8O2S2. The van der Waals surface area contributed by atoms with Gasteiger partial charge in [-0.25, -0.2) is 20.1 Å². The number of carbonyl (C=O) groups excluding carboxylic acids is 1. The topological polar surface area (TPSA) is 136 Å². The van der Waals surface area contributed by atoms with Crippen LogP contribution in [0.2, 0.25) is 0 Å². The minimum absolute atomic E-state index is 0.139. The Bertz CT molecular complexity index is 1590. The Kier molecular flexibility index (Phi) is 9.21. The maximum Gasteiger partial charge on any atom is 0.231 e. The van der Waals surface area contributed by atoms with E-state index in [1.165, 1.54) is 0 Å². The van der Waals surface area contributed by atoms with Crippen molar-refractivity contribution in [1.82, 2.24) is 19.3 Å². The zero-order valence-corrected chi connectivity index (χ0v) is 26.8. The highest BCUT2D eigenvalue weighted by atomic mass is 32.2. The molecule has 0 aliphatic carbocycles. The molecule has 5 N–H and O–H groups in total. The second kappa shape index (κ2) is 12.9. The highest BCUT2D eigenvalue weighted by Crippen LogP contribution is 2.47. The summed E-state index contributed by atoms with van der Waals surface area (Å²) in [6, 6.07) is 11.5. The first-order chi connectivity index (χ1) is 20.6. The van der Waals surface area contributed by atoms with Crippen LogP contribution in [-0.2, 0) is 11.3 Å². The number of nitrogens with zero attached hydrogens (tertiary/aromatic N) is 5. The molecule has 0 radical (unpaired) electrons. The molecule has 1 aromatic carbocycles. The number of ether oxygens (including phenoxy) is 1. The summed E-state index contributed by atoms with van der Waals surface area (Å²) in [5.74, 6) is 6.37. The van der Waals surface area contributed by atoms with Crippen LogP contribution in [0.1, 0.15) is 53.4 Å². The molecule has 0 spiro atoms. The lowest BCUT2D eigenvalue weighted by Gasteiger charge is -2.34. The van der Waals surface area contributed by atoms with E-state index in [0.717, 1.165) is 43.8 Å². The van der Waals surface area contributed by atoms with Crippen LogP contribution in [0.4, 0.5) is 17.1 Å². The van der Waals surface area contributed by atoms with Crippen LogP contribution in [0.3, 0.4) is 0 Å². The molecule has 10 nitrogen and oxygen atoms in total. The number of hydrogen-bond donors (Lipinski definition) is 3. The predicted molar refractivity (Wildman–Crippen MR) is 174 cm³/mol. The summed E-state index contributed by atoms with van der Waals surface area (Å²) in [6.07, 6.45) is 5.06. The van der Waals surface area contributed by atoms with Crippen LogP contribution in [0.5, 0.6) is 5.88 Å². The van der Waals surface area contributed by atoms with Gasteiger partial charge in [0.05, 0.1) is 51.7 Å². The van der Waals surface area contributed by atoms with Gasteiger partial charge >= 0.3 is 0 Å². The summed E-state index contributed by atoms with van der Waals surface area (Å²) in [5, 5.41) is 5.55. The lowest BCUT2D eigenvalue weighted by atomic mass is 9.73. The maximum absolute atomic E-state index is 14.0. The van der Waals surface area contributed by atoms with Gasteiger partial charge in [0.15, 0.2) is 0 Å². The van der Waals surface area contributed by atoms with E-state index in [-0.39, 0.29) is 11.8 Å². The summed E-state index contributed by atoms with van der Waals surface area (Å²) >= 11 is 3.24. The second-order valence-electron chi connectivity index (χ2n) is 11.0. The van der Waals surface area contributed by atoms with Gasteiger partial charge in [0.2, 0.25) is 11.8 Å². The van der Waals surface area contributed by atoms with Crippen LogP contribution < -0.4 is 26.6 Å². The molecule has 4 heterocycles. The van der Waals surface area contributed by atoms with Gasteiger partial charge in [-0.1, -0.05) is 19.9 Å². The van der Waals surface area contributed by atoms with E-state index in [0.29, 0.717) is 37.0 Å². The fraction of sp³-hybridized carbons (Fsp3) is 0.355. The Labute approximate surface area is 261 Å². The predicted octanol–water partition coefficient (Wildman–Crippen LogP) is 5.53. The van der Waals surface area contributed by atoms with E-state index in [1.807, 2.05) is 58.0 Å². The number of aryl methyl sites for hydroxylation is 1. The van der Waals surface area contributed by atoms with Crippen LogP contribution in [0.15, 0.2) is 59.9 Å². The van der Waals surface area contributed by atoms with E-state index in [2.05, 4.69) is 26.5 Å². The lowest BCUT2D eigenvalue weighted by Crippen LogP contribution is -2.37. The van der Waals surface area contributed by atoms with Gasteiger partial charge in [-0.05, 0) is 74.2 Å². The fourth-order valence-corrected chi connectivity index (χ4v) is 7.33. The Balaban J connectivity index is 1.53. The van der Waals surface area contributed by atoms with Crippen molar-refractivity contribution in [2.45, 2.75) is 52.0 Å². The molecule has 5 rings (SSSR count). The van der Waals surface area contributed by atoms with E-state index >= 15 is 0 Å². The van der Waals surface area contributed by atoms with E-state index < -0.39 is 5.41 Å². The molecule has 0 saturated carbocycles. The largest absolute Gasteiger partial charge is 0.475 e. The Morgan fingerprint density at radius 1 is 1.21 bits per heavy atom. The van der Waals surface area contributed by atoms with Gasteiger partial charge in [-0.15, -0.1) is 11.3 Å². The van der Waals surface area contributed by atoms with Gasteiger partial charge in [0.25, 0.3) is 0 Å². The molecule has 1 unspecified atom stereocenters. The zero-order valence-electron chi connectivity index (χ0n) is 25.1. The van der Waals surface area contributed by atoms with Crippen LogP contribution >= 0.6 is 23.3 Å². The van der Waals surface area contributed by atoms with Crippen molar-refractivity contribution in [2.75, 3.05) is 35.8 Å². The molecule has 1 amide bonds. The van der Waals surface area contributed by atoms with E-state index in [4.69, 9.17) is 21.3 Å². The monoisotopic (exact) mass is 618 g/mol. The standard InChI is InChI=1S/C31H38N8O2S2/c1-6-39(33)24-12-11-22(19(2)27(24)32)26(31(4,5)30(40)36-21-9-7-13-34-17-21)29-37-23(20(3)42-29)18-38-15-16-41-28-25(43-38)10-8-14-35-28/h7-14,17,26H,6,15-16,18,32-33H2,1-5H3,(H,36,40). The molecule has 1 aliphatic heterocycles. The average Bonchev–Trinajstić information content (AvgIpc) is 3.21. The van der Waals surface area contributed by atoms with Crippen LogP contribution in [-0.4, -0.2) is 44.9 Å². The zero-order chi connectivity index (χ0) is 30.7. The quantitative estimate of drug-likeness (QED) is 0.0951. The first kappa shape index (κ1) is 30.7. The second-order valence-corrected chi connectivity index (χ2v) is 13.4. The molecule has 0 saturated heterocycles. The molecule has 1 aliphatic rings. The molecule has 1 atom stereocenters. The minimum atomic E-state index is -0.904. The number of rotatable bonds is 9. The molecule has 12 heteroatoms. The number of amides is 1. The van der Waals surface area contributed by atoms with E-state index in [9.17, 15) is 4.79 Å². The number of nitrogens with one attached hydrogen (secondary N) is 1. The van der Waals surface area contributed by atoms with Gasteiger partial charge in [-0.2, -0.15) is 0 Å². The Hall–Kier alpha value is -3.71. The summed E-state index contributed by atoms with van der Waals surface area (Å²) < 4.78 is 8.11. The number of thiazole rings is 1. The van der Waals surface area contributed by atoms with Crippen molar-refractivity contribution in [2.24, 2.45) is 11.3 Å². The average molecular weight is 619 g/mol. The number of anilines is 3. The summed E-state index contributed by atoms with van der Waals surface area (Å²) in [5.41, 5.74) is 10.5. The number of hydrazine groups is 1. The minimum Gasteiger partial charge on any atom is -0.475 e. The highest BCUT2D eigenvalue weighted by Gasteiger charge is 2.42. The van der Waals surface area contributed by atoms with Crippen LogP contribution in [0.25, 0.3) is 0 Å². The van der Waals surface area contributed by atoms with Crippen molar-refractivity contribution >= 4 is 46.3 Å². The van der Waals surface area contributed by atoms with Gasteiger partial charge in [-0.3, -0.25) is 9.78 Å².